The molecule has 3 saturated carbocycles. The maximum atomic E-state index is 14.8. The standard InChI is InChI=1S/C41H52FN5O8S/c1-38(2,3)55-37(51)44-30-11-9-7-5-6-8-10-25-21-41(25,36(50)46-56(52,53)39(4)18-19-39)45-34(48)31-22-40(23-47(31)35(30)49)17-16-27-28-20-26(42)14-15-29(28)43-32(24-12-13-24)33(27)54-40/h8,10,14-15,20,24-25,30-31H,5-7,9,11-13,16-19,21-23H2,1-4H3,(H,44,51)(H,45,48)(H,46,50). The highest BCUT2D eigenvalue weighted by molar-refractivity contribution is 7.91. The van der Waals surface area contributed by atoms with Crippen molar-refractivity contribution in [3.05, 3.63) is 47.4 Å². The SMILES string of the molecule is CC(C)(C)OC(=O)NC1CCCCCC=CC2CC2(C(=O)NS(=O)(=O)C2(C)CC2)NC(=O)C2CC3(CCc4c(c(C5CC5)nc5ccc(F)cc45)O3)CN2C1=O. The van der Waals surface area contributed by atoms with Crippen LogP contribution in [0.15, 0.2) is 30.4 Å². The number of pyridine rings is 1. The molecule has 5 unspecified atom stereocenters. The number of allylic oxidation sites excluding steroid dienone is 1. The summed E-state index contributed by atoms with van der Waals surface area (Å²) in [5, 5.41) is 6.39. The number of sulfonamides is 1. The number of hydrogen-bond donors (Lipinski definition) is 3. The molecule has 1 aromatic heterocycles. The van der Waals surface area contributed by atoms with Gasteiger partial charge in [0, 0.05) is 29.2 Å². The molecule has 56 heavy (non-hydrogen) atoms. The number of alkyl carbamates (subject to hydrolysis) is 1. The molecule has 0 bridgehead atoms. The molecule has 1 spiro atoms. The van der Waals surface area contributed by atoms with Crippen LogP contribution in [-0.2, 0) is 35.6 Å². The molecular weight excluding hydrogens is 742 g/mol. The van der Waals surface area contributed by atoms with Crippen molar-refractivity contribution < 1.29 is 41.5 Å². The molecule has 13 nitrogen and oxygen atoms in total. The second-order valence-electron chi connectivity index (χ2n) is 18.1. The van der Waals surface area contributed by atoms with E-state index in [2.05, 4.69) is 15.4 Å². The highest BCUT2D eigenvalue weighted by Gasteiger charge is 2.64. The Labute approximate surface area is 326 Å². The maximum absolute atomic E-state index is 14.8. The first-order valence-electron chi connectivity index (χ1n) is 20.1. The van der Waals surface area contributed by atoms with Crippen LogP contribution in [0.1, 0.15) is 122 Å². The molecule has 3 N–H and O–H groups in total. The van der Waals surface area contributed by atoms with Crippen molar-refractivity contribution in [2.45, 2.75) is 151 Å². The van der Waals surface area contributed by atoms with Crippen molar-refractivity contribution in [1.82, 2.24) is 25.2 Å². The molecule has 4 fully saturated rings. The number of carbonyl (C=O) groups excluding carboxylic acids is 4. The smallest absolute Gasteiger partial charge is 0.408 e. The lowest BCUT2D eigenvalue weighted by atomic mass is 9.86. The van der Waals surface area contributed by atoms with Crippen molar-refractivity contribution in [3.8, 4) is 5.75 Å². The van der Waals surface area contributed by atoms with Crippen molar-refractivity contribution in [2.24, 2.45) is 5.92 Å². The number of aromatic nitrogens is 1. The normalized spacial score (nSPS) is 30.2. The number of halogens is 1. The summed E-state index contributed by atoms with van der Waals surface area (Å²) in [5.74, 6) is -1.97. The summed E-state index contributed by atoms with van der Waals surface area (Å²) in [6, 6.07) is 2.40. The van der Waals surface area contributed by atoms with E-state index in [0.717, 1.165) is 36.9 Å². The molecule has 15 heteroatoms. The summed E-state index contributed by atoms with van der Waals surface area (Å²) in [6.07, 6.45) is 10.1. The van der Waals surface area contributed by atoms with Crippen LogP contribution in [0.3, 0.4) is 0 Å². The number of amides is 4. The fourth-order valence-corrected chi connectivity index (χ4v) is 9.92. The van der Waals surface area contributed by atoms with Gasteiger partial charge >= 0.3 is 6.09 Å². The third-order valence-corrected chi connectivity index (χ3v) is 14.6. The summed E-state index contributed by atoms with van der Waals surface area (Å²) in [5.41, 5.74) is -1.07. The molecule has 5 atom stereocenters. The van der Waals surface area contributed by atoms with Gasteiger partial charge in [0.1, 0.15) is 40.4 Å². The van der Waals surface area contributed by atoms with Gasteiger partial charge in [0.2, 0.25) is 21.8 Å². The molecule has 4 heterocycles. The van der Waals surface area contributed by atoms with E-state index in [0.29, 0.717) is 61.6 Å². The van der Waals surface area contributed by atoms with E-state index in [1.54, 1.807) is 33.8 Å². The number of rotatable bonds is 5. The molecule has 4 amide bonds. The summed E-state index contributed by atoms with van der Waals surface area (Å²) < 4.78 is 54.8. The number of aryl methyl sites for hydroxylation is 1. The summed E-state index contributed by atoms with van der Waals surface area (Å²) in [6.45, 7) is 6.80. The van der Waals surface area contributed by atoms with Gasteiger partial charge in [0.05, 0.1) is 22.5 Å². The quantitative estimate of drug-likeness (QED) is 0.344. The largest absolute Gasteiger partial charge is 0.483 e. The van der Waals surface area contributed by atoms with Crippen LogP contribution in [0.4, 0.5) is 9.18 Å². The van der Waals surface area contributed by atoms with Gasteiger partial charge in [-0.1, -0.05) is 25.0 Å². The zero-order valence-electron chi connectivity index (χ0n) is 32.5. The van der Waals surface area contributed by atoms with E-state index in [1.807, 2.05) is 12.2 Å². The number of nitrogens with zero attached hydrogens (tertiary/aromatic N) is 2. The molecule has 3 aliphatic heterocycles. The molecule has 2 aromatic rings. The number of nitrogens with one attached hydrogen (secondary N) is 3. The Kier molecular flexibility index (Phi) is 9.44. The molecule has 302 valence electrons. The van der Waals surface area contributed by atoms with Crippen molar-refractivity contribution >= 4 is 44.7 Å². The Morgan fingerprint density at radius 3 is 2.55 bits per heavy atom. The minimum absolute atomic E-state index is 0.0103. The van der Waals surface area contributed by atoms with Gasteiger partial charge < -0.3 is 25.0 Å². The lowest BCUT2D eigenvalue weighted by Crippen LogP contribution is -2.58. The van der Waals surface area contributed by atoms with Crippen LogP contribution in [0, 0.1) is 11.7 Å². The van der Waals surface area contributed by atoms with E-state index < -0.39 is 73.3 Å². The molecule has 0 radical (unpaired) electrons. The Balaban J connectivity index is 1.15. The van der Waals surface area contributed by atoms with E-state index in [-0.39, 0.29) is 31.1 Å². The Morgan fingerprint density at radius 1 is 1.07 bits per heavy atom. The molecule has 3 aliphatic carbocycles. The monoisotopic (exact) mass is 793 g/mol. The molecule has 1 aromatic carbocycles. The van der Waals surface area contributed by atoms with Crippen LogP contribution >= 0.6 is 0 Å². The number of ether oxygens (including phenoxy) is 2. The van der Waals surface area contributed by atoms with Crippen molar-refractivity contribution in [3.63, 3.8) is 0 Å². The fourth-order valence-electron chi connectivity index (χ4n) is 8.61. The van der Waals surface area contributed by atoms with Crippen LogP contribution in [0.2, 0.25) is 0 Å². The summed E-state index contributed by atoms with van der Waals surface area (Å²) in [7, 11) is -4.00. The third kappa shape index (κ3) is 7.35. The average Bonchev–Trinajstić information content (AvgIpc) is 4.05. The van der Waals surface area contributed by atoms with Gasteiger partial charge in [-0.3, -0.25) is 19.1 Å². The first-order chi connectivity index (χ1) is 26.4. The molecule has 8 rings (SSSR count). The summed E-state index contributed by atoms with van der Waals surface area (Å²) >= 11 is 0. The lowest BCUT2D eigenvalue weighted by molar-refractivity contribution is -0.141. The maximum Gasteiger partial charge on any atom is 0.408 e. The Bertz CT molecular complexity index is 2130. The van der Waals surface area contributed by atoms with Crippen LogP contribution in [0.5, 0.6) is 5.75 Å². The van der Waals surface area contributed by atoms with Gasteiger partial charge in [-0.15, -0.1) is 0 Å². The van der Waals surface area contributed by atoms with Gasteiger partial charge in [-0.25, -0.2) is 22.6 Å². The number of fused-ring (bicyclic) bond motifs is 5. The average molecular weight is 794 g/mol. The number of hydrogen-bond acceptors (Lipinski definition) is 9. The molecule has 6 aliphatic rings. The van der Waals surface area contributed by atoms with Gasteiger partial charge in [0.25, 0.3) is 5.91 Å². The topological polar surface area (TPSA) is 173 Å². The van der Waals surface area contributed by atoms with Crippen molar-refractivity contribution in [2.75, 3.05) is 6.54 Å². The van der Waals surface area contributed by atoms with Crippen LogP contribution < -0.4 is 20.1 Å². The highest BCUT2D eigenvalue weighted by atomic mass is 32.2. The van der Waals surface area contributed by atoms with Crippen LogP contribution in [0.25, 0.3) is 10.9 Å². The highest BCUT2D eigenvalue weighted by Crippen LogP contribution is 2.52. The lowest BCUT2D eigenvalue weighted by Gasteiger charge is -2.37. The third-order valence-electron chi connectivity index (χ3n) is 12.4. The van der Waals surface area contributed by atoms with E-state index >= 15 is 0 Å². The first kappa shape index (κ1) is 38.6. The minimum Gasteiger partial charge on any atom is -0.483 e. The Morgan fingerprint density at radius 2 is 1.84 bits per heavy atom. The molecule has 1 saturated heterocycles. The molecular formula is C41H52FN5O8S. The second-order valence-corrected chi connectivity index (χ2v) is 20.3. The predicted molar refractivity (Wildman–Crippen MR) is 205 cm³/mol. The minimum atomic E-state index is -4.00. The zero-order valence-corrected chi connectivity index (χ0v) is 33.4. The van der Waals surface area contributed by atoms with Crippen LogP contribution in [-0.4, -0.2) is 82.2 Å². The van der Waals surface area contributed by atoms with E-state index in [4.69, 9.17) is 14.5 Å². The number of benzene rings is 1. The summed E-state index contributed by atoms with van der Waals surface area (Å²) in [4.78, 5) is 63.0. The number of carbonyl (C=O) groups is 4. The van der Waals surface area contributed by atoms with E-state index in [1.165, 1.54) is 17.0 Å². The first-order valence-corrected chi connectivity index (χ1v) is 21.6. The fraction of sp³-hybridized carbons (Fsp3) is 0.634. The van der Waals surface area contributed by atoms with Gasteiger partial charge in [-0.2, -0.15) is 0 Å². The van der Waals surface area contributed by atoms with Crippen molar-refractivity contribution in [1.29, 1.82) is 0 Å². The predicted octanol–water partition coefficient (Wildman–Crippen LogP) is 5.20. The zero-order chi connectivity index (χ0) is 39.8. The van der Waals surface area contributed by atoms with Gasteiger partial charge in [-0.05, 0) is 110 Å². The second kappa shape index (κ2) is 13.7. The van der Waals surface area contributed by atoms with Gasteiger partial charge in [0.15, 0.2) is 0 Å². The van der Waals surface area contributed by atoms with E-state index in [9.17, 15) is 32.0 Å². The Hall–Kier alpha value is -4.27.